The average Bonchev–Trinajstić information content (AvgIpc) is 2.80. The molecule has 0 fully saturated rings. The quantitative estimate of drug-likeness (QED) is 0.850. The molecule has 2 rings (SSSR count). The van der Waals surface area contributed by atoms with Crippen molar-refractivity contribution in [2.75, 3.05) is 11.9 Å². The van der Waals surface area contributed by atoms with Crippen molar-refractivity contribution < 1.29 is 14.6 Å². The average molecular weight is 291 g/mol. The number of carboxylic acids is 1. The van der Waals surface area contributed by atoms with Crippen LogP contribution in [0, 0.1) is 6.92 Å². The second-order valence-electron chi connectivity index (χ2n) is 4.28. The third kappa shape index (κ3) is 3.30. The Morgan fingerprint density at radius 2 is 2.15 bits per heavy atom. The molecule has 0 aliphatic rings. The highest BCUT2D eigenvalue weighted by molar-refractivity contribution is 7.14. The Bertz CT molecular complexity index is 607. The molecule has 4 nitrogen and oxygen atoms in total. The van der Waals surface area contributed by atoms with Crippen molar-refractivity contribution >= 4 is 23.0 Å². The standard InChI is InChI=1S/C15H17NO3S/c1-3-19-13-7-5-4-6-12(13)16-9-11-8-14(15(17)18)20-10(11)2/h4-8,16H,3,9H2,1-2H3,(H,17,18). The van der Waals surface area contributed by atoms with Gasteiger partial charge in [-0.1, -0.05) is 12.1 Å². The number of hydrogen-bond acceptors (Lipinski definition) is 4. The van der Waals surface area contributed by atoms with Crippen molar-refractivity contribution in [3.05, 3.63) is 45.6 Å². The lowest BCUT2D eigenvalue weighted by atomic mass is 10.2. The topological polar surface area (TPSA) is 58.6 Å². The first kappa shape index (κ1) is 14.4. The van der Waals surface area contributed by atoms with Crippen molar-refractivity contribution in [3.8, 4) is 5.75 Å². The van der Waals surface area contributed by atoms with Crippen LogP contribution in [0.2, 0.25) is 0 Å². The molecule has 106 valence electrons. The zero-order valence-corrected chi connectivity index (χ0v) is 12.3. The van der Waals surface area contributed by atoms with Crippen LogP contribution >= 0.6 is 11.3 Å². The maximum atomic E-state index is 11.0. The van der Waals surface area contributed by atoms with Gasteiger partial charge in [0, 0.05) is 11.4 Å². The van der Waals surface area contributed by atoms with E-state index in [0.717, 1.165) is 21.9 Å². The Hall–Kier alpha value is -2.01. The first-order valence-electron chi connectivity index (χ1n) is 6.40. The van der Waals surface area contributed by atoms with Gasteiger partial charge in [-0.05, 0) is 37.6 Å². The number of aryl methyl sites for hydroxylation is 1. The fourth-order valence-corrected chi connectivity index (χ4v) is 2.77. The van der Waals surface area contributed by atoms with Gasteiger partial charge in [-0.3, -0.25) is 0 Å². The molecule has 20 heavy (non-hydrogen) atoms. The third-order valence-electron chi connectivity index (χ3n) is 2.89. The summed E-state index contributed by atoms with van der Waals surface area (Å²) in [6, 6.07) is 9.45. The number of carbonyl (C=O) groups is 1. The smallest absolute Gasteiger partial charge is 0.345 e. The minimum absolute atomic E-state index is 0.373. The Morgan fingerprint density at radius 3 is 2.80 bits per heavy atom. The molecule has 2 aromatic rings. The predicted molar refractivity (Wildman–Crippen MR) is 81.0 cm³/mol. The van der Waals surface area contributed by atoms with E-state index in [1.165, 1.54) is 11.3 Å². The summed E-state index contributed by atoms with van der Waals surface area (Å²) in [4.78, 5) is 12.3. The van der Waals surface area contributed by atoms with E-state index in [1.807, 2.05) is 38.1 Å². The van der Waals surface area contributed by atoms with E-state index in [1.54, 1.807) is 6.07 Å². The van der Waals surface area contributed by atoms with Gasteiger partial charge in [0.25, 0.3) is 0 Å². The second kappa shape index (κ2) is 6.43. The SMILES string of the molecule is CCOc1ccccc1NCc1cc(C(=O)O)sc1C. The summed E-state index contributed by atoms with van der Waals surface area (Å²) in [6.07, 6.45) is 0. The molecule has 0 saturated carbocycles. The Balaban J connectivity index is 2.11. The first-order chi connectivity index (χ1) is 9.61. The van der Waals surface area contributed by atoms with Crippen molar-refractivity contribution in [1.29, 1.82) is 0 Å². The second-order valence-corrected chi connectivity index (χ2v) is 5.54. The zero-order chi connectivity index (χ0) is 14.5. The number of benzene rings is 1. The third-order valence-corrected chi connectivity index (χ3v) is 3.97. The van der Waals surface area contributed by atoms with Gasteiger partial charge in [-0.25, -0.2) is 4.79 Å². The number of nitrogens with one attached hydrogen (secondary N) is 1. The predicted octanol–water partition coefficient (Wildman–Crippen LogP) is 3.77. The summed E-state index contributed by atoms with van der Waals surface area (Å²) in [5, 5.41) is 12.3. The normalized spacial score (nSPS) is 10.3. The number of hydrogen-bond donors (Lipinski definition) is 2. The van der Waals surface area contributed by atoms with Crippen LogP contribution in [0.3, 0.4) is 0 Å². The van der Waals surface area contributed by atoms with Crippen LogP contribution < -0.4 is 10.1 Å². The minimum atomic E-state index is -0.876. The van der Waals surface area contributed by atoms with Gasteiger partial charge in [0.05, 0.1) is 12.3 Å². The molecule has 0 bridgehead atoms. The van der Waals surface area contributed by atoms with E-state index < -0.39 is 5.97 Å². The van der Waals surface area contributed by atoms with Crippen LogP contribution in [0.1, 0.15) is 27.0 Å². The fourth-order valence-electron chi connectivity index (χ4n) is 1.89. The van der Waals surface area contributed by atoms with Crippen molar-refractivity contribution in [1.82, 2.24) is 0 Å². The molecule has 5 heteroatoms. The molecule has 0 spiro atoms. The zero-order valence-electron chi connectivity index (χ0n) is 11.5. The number of thiophene rings is 1. The molecule has 1 aromatic heterocycles. The van der Waals surface area contributed by atoms with E-state index >= 15 is 0 Å². The van der Waals surface area contributed by atoms with Crippen LogP contribution in [0.25, 0.3) is 0 Å². The molecule has 0 amide bonds. The lowest BCUT2D eigenvalue weighted by Crippen LogP contribution is -2.02. The molecule has 1 heterocycles. The summed E-state index contributed by atoms with van der Waals surface area (Å²) in [5.74, 6) is -0.0691. The van der Waals surface area contributed by atoms with Crippen molar-refractivity contribution in [2.24, 2.45) is 0 Å². The molecule has 0 saturated heterocycles. The monoisotopic (exact) mass is 291 g/mol. The van der Waals surface area contributed by atoms with Crippen LogP contribution in [0.15, 0.2) is 30.3 Å². The molecule has 0 radical (unpaired) electrons. The summed E-state index contributed by atoms with van der Waals surface area (Å²) >= 11 is 1.30. The van der Waals surface area contributed by atoms with E-state index in [9.17, 15) is 4.79 Å². The lowest BCUT2D eigenvalue weighted by molar-refractivity contribution is 0.0702. The van der Waals surface area contributed by atoms with Gasteiger partial charge in [-0.2, -0.15) is 0 Å². The van der Waals surface area contributed by atoms with Gasteiger partial charge < -0.3 is 15.2 Å². The largest absolute Gasteiger partial charge is 0.492 e. The number of rotatable bonds is 6. The first-order valence-corrected chi connectivity index (χ1v) is 7.21. The van der Waals surface area contributed by atoms with Gasteiger partial charge >= 0.3 is 5.97 Å². The highest BCUT2D eigenvalue weighted by atomic mass is 32.1. The van der Waals surface area contributed by atoms with E-state index in [2.05, 4.69) is 5.32 Å². The fraction of sp³-hybridized carbons (Fsp3) is 0.267. The Kier molecular flexibility index (Phi) is 4.63. The van der Waals surface area contributed by atoms with Crippen LogP contribution in [0.4, 0.5) is 5.69 Å². The summed E-state index contributed by atoms with van der Waals surface area (Å²) in [7, 11) is 0. The number of carboxylic acid groups (broad SMARTS) is 1. The van der Waals surface area contributed by atoms with Crippen molar-refractivity contribution in [2.45, 2.75) is 20.4 Å². The Morgan fingerprint density at radius 1 is 1.40 bits per heavy atom. The molecule has 0 aliphatic heterocycles. The van der Waals surface area contributed by atoms with Gasteiger partial charge in [-0.15, -0.1) is 11.3 Å². The summed E-state index contributed by atoms with van der Waals surface area (Å²) in [6.45, 7) is 5.07. The molecule has 2 N–H and O–H groups in total. The Labute approximate surface area is 122 Å². The number of para-hydroxylation sites is 2. The molecule has 0 atom stereocenters. The van der Waals surface area contributed by atoms with Gasteiger partial charge in [0.2, 0.25) is 0 Å². The van der Waals surface area contributed by atoms with Crippen LogP contribution in [0.5, 0.6) is 5.75 Å². The molecule has 0 aliphatic carbocycles. The highest BCUT2D eigenvalue weighted by Gasteiger charge is 2.11. The van der Waals surface area contributed by atoms with Crippen LogP contribution in [-0.4, -0.2) is 17.7 Å². The molecule has 1 aromatic carbocycles. The maximum Gasteiger partial charge on any atom is 0.345 e. The maximum absolute atomic E-state index is 11.0. The molecule has 0 unspecified atom stereocenters. The van der Waals surface area contributed by atoms with Crippen LogP contribution in [-0.2, 0) is 6.54 Å². The summed E-state index contributed by atoms with van der Waals surface area (Å²) in [5.41, 5.74) is 1.91. The molecular formula is C15H17NO3S. The highest BCUT2D eigenvalue weighted by Crippen LogP contribution is 2.26. The number of ether oxygens (including phenoxy) is 1. The van der Waals surface area contributed by atoms with E-state index in [-0.39, 0.29) is 0 Å². The minimum Gasteiger partial charge on any atom is -0.492 e. The lowest BCUT2D eigenvalue weighted by Gasteiger charge is -2.11. The van der Waals surface area contributed by atoms with Crippen molar-refractivity contribution in [3.63, 3.8) is 0 Å². The number of anilines is 1. The summed E-state index contributed by atoms with van der Waals surface area (Å²) < 4.78 is 5.55. The van der Waals surface area contributed by atoms with E-state index in [4.69, 9.17) is 9.84 Å². The van der Waals surface area contributed by atoms with Gasteiger partial charge in [0.1, 0.15) is 10.6 Å². The van der Waals surface area contributed by atoms with E-state index in [0.29, 0.717) is 18.0 Å². The van der Waals surface area contributed by atoms with Gasteiger partial charge in [0.15, 0.2) is 0 Å². The number of aromatic carboxylic acids is 1. The molecular weight excluding hydrogens is 274 g/mol.